The van der Waals surface area contributed by atoms with Crippen molar-refractivity contribution >= 4 is 5.69 Å². The van der Waals surface area contributed by atoms with E-state index in [-0.39, 0.29) is 0 Å². The molecule has 0 amide bonds. The topological polar surface area (TPSA) is 32.3 Å². The van der Waals surface area contributed by atoms with Crippen LogP contribution in [-0.2, 0) is 13.1 Å². The molecule has 0 radical (unpaired) electrons. The Morgan fingerprint density at radius 1 is 0.596 bits per heavy atom. The molecule has 0 bridgehead atoms. The molecule has 0 saturated carbocycles. The predicted molar refractivity (Wildman–Crippen MR) is 198 cm³/mol. The summed E-state index contributed by atoms with van der Waals surface area (Å²) in [6, 6.07) is 25.3. The molecule has 4 heteroatoms. The number of pyridine rings is 2. The van der Waals surface area contributed by atoms with Gasteiger partial charge in [0.1, 0.15) is 0 Å². The van der Waals surface area contributed by atoms with Crippen molar-refractivity contribution in [1.82, 2.24) is 14.9 Å². The zero-order valence-corrected chi connectivity index (χ0v) is 29.6. The van der Waals surface area contributed by atoms with E-state index in [2.05, 4.69) is 132 Å². The van der Waals surface area contributed by atoms with E-state index in [4.69, 9.17) is 9.97 Å². The highest BCUT2D eigenvalue weighted by molar-refractivity contribution is 5.65. The van der Waals surface area contributed by atoms with Gasteiger partial charge in [0, 0.05) is 61.4 Å². The molecule has 242 valence electrons. The number of likely N-dealkylation sites (tertiary alicyclic amines) is 1. The minimum absolute atomic E-state index is 0.471. The van der Waals surface area contributed by atoms with Gasteiger partial charge in [-0.15, -0.1) is 0 Å². The summed E-state index contributed by atoms with van der Waals surface area (Å²) in [5, 5.41) is 0. The minimum atomic E-state index is 0.471. The van der Waals surface area contributed by atoms with E-state index in [9.17, 15) is 0 Å². The number of anilines is 1. The SMILES string of the molecule is Cc1cc(-c2cc(CN3CCC(N(Cc4ccnc(-c5cc(C)c(C)c(C)c5)c4)c4cccc(C)c4C)CC3)ccn2)cc(C)c1C. The zero-order valence-electron chi connectivity index (χ0n) is 29.6. The Bertz CT molecular complexity index is 1850. The van der Waals surface area contributed by atoms with E-state index in [1.54, 1.807) is 0 Å². The maximum Gasteiger partial charge on any atom is 0.0705 e. The van der Waals surface area contributed by atoms with Crippen molar-refractivity contribution in [3.05, 3.63) is 135 Å². The number of aryl methyl sites for hydroxylation is 5. The minimum Gasteiger partial charge on any atom is -0.364 e. The van der Waals surface area contributed by atoms with Gasteiger partial charge in [0.05, 0.1) is 11.4 Å². The Labute approximate surface area is 282 Å². The van der Waals surface area contributed by atoms with E-state index in [0.717, 1.165) is 50.4 Å². The third-order valence-electron chi connectivity index (χ3n) is 10.7. The number of rotatable bonds is 8. The van der Waals surface area contributed by atoms with Crippen molar-refractivity contribution in [3.8, 4) is 22.5 Å². The normalized spacial score (nSPS) is 14.0. The first-order valence-corrected chi connectivity index (χ1v) is 17.2. The summed E-state index contributed by atoms with van der Waals surface area (Å²) in [6.07, 6.45) is 6.24. The van der Waals surface area contributed by atoms with Gasteiger partial charge in [-0.1, -0.05) is 12.1 Å². The second kappa shape index (κ2) is 13.8. The molecule has 1 saturated heterocycles. The Balaban J connectivity index is 1.20. The van der Waals surface area contributed by atoms with Crippen LogP contribution in [-0.4, -0.2) is 34.0 Å². The molecule has 0 aliphatic carbocycles. The van der Waals surface area contributed by atoms with Crippen LogP contribution in [0.3, 0.4) is 0 Å². The monoisotopic (exact) mass is 622 g/mol. The fourth-order valence-corrected chi connectivity index (χ4v) is 7.13. The van der Waals surface area contributed by atoms with Crippen molar-refractivity contribution in [2.45, 2.75) is 87.4 Å². The molecule has 3 aromatic carbocycles. The molecule has 1 fully saturated rings. The Kier molecular flexibility index (Phi) is 9.61. The number of piperidine rings is 1. The first kappa shape index (κ1) is 32.7. The first-order valence-electron chi connectivity index (χ1n) is 17.2. The molecule has 0 spiro atoms. The van der Waals surface area contributed by atoms with Gasteiger partial charge in [-0.25, -0.2) is 0 Å². The van der Waals surface area contributed by atoms with Crippen LogP contribution in [0.15, 0.2) is 79.1 Å². The summed E-state index contributed by atoms with van der Waals surface area (Å²) >= 11 is 0. The number of aromatic nitrogens is 2. The van der Waals surface area contributed by atoms with Gasteiger partial charge in [-0.3, -0.25) is 14.9 Å². The summed E-state index contributed by atoms with van der Waals surface area (Å²) in [6.45, 7) is 21.7. The van der Waals surface area contributed by atoms with Gasteiger partial charge in [0.25, 0.3) is 0 Å². The molecule has 0 unspecified atom stereocenters. The van der Waals surface area contributed by atoms with Crippen LogP contribution in [0.1, 0.15) is 68.5 Å². The van der Waals surface area contributed by atoms with E-state index in [1.165, 1.54) is 72.4 Å². The Morgan fingerprint density at radius 2 is 1.11 bits per heavy atom. The number of nitrogens with zero attached hydrogens (tertiary/aromatic N) is 4. The summed E-state index contributed by atoms with van der Waals surface area (Å²) < 4.78 is 0. The fraction of sp³-hybridized carbons (Fsp3) is 0.349. The molecule has 1 aliphatic heterocycles. The Hall–Kier alpha value is -4.28. The van der Waals surface area contributed by atoms with Crippen LogP contribution in [0.4, 0.5) is 5.69 Å². The van der Waals surface area contributed by atoms with Gasteiger partial charge < -0.3 is 4.90 Å². The lowest BCUT2D eigenvalue weighted by Crippen LogP contribution is -2.44. The van der Waals surface area contributed by atoms with Crippen molar-refractivity contribution in [2.75, 3.05) is 18.0 Å². The summed E-state index contributed by atoms with van der Waals surface area (Å²) in [5.74, 6) is 0. The largest absolute Gasteiger partial charge is 0.364 e. The first-order chi connectivity index (χ1) is 22.6. The predicted octanol–water partition coefficient (Wildman–Crippen LogP) is 9.95. The standard InChI is InChI=1S/C43H50N4/c1-28-10-9-11-43(35(28)8)47(27-37-13-17-45-42(25-37)39-22-31(4)34(7)32(5)23-39)40-14-18-46(19-15-40)26-36-12-16-44-41(24-36)38-20-29(2)33(6)30(3)21-38/h9-13,16-17,20-25,40H,14-15,18-19,26-27H2,1-8H3. The molecule has 2 aromatic heterocycles. The van der Waals surface area contributed by atoms with Crippen LogP contribution >= 0.6 is 0 Å². The maximum absolute atomic E-state index is 4.80. The third kappa shape index (κ3) is 7.18. The van der Waals surface area contributed by atoms with E-state index < -0.39 is 0 Å². The molecule has 4 nitrogen and oxygen atoms in total. The van der Waals surface area contributed by atoms with Crippen molar-refractivity contribution in [3.63, 3.8) is 0 Å². The van der Waals surface area contributed by atoms with Crippen molar-refractivity contribution in [2.24, 2.45) is 0 Å². The van der Waals surface area contributed by atoms with Crippen LogP contribution in [0, 0.1) is 55.4 Å². The lowest BCUT2D eigenvalue weighted by Gasteiger charge is -2.41. The van der Waals surface area contributed by atoms with Crippen LogP contribution in [0.25, 0.3) is 22.5 Å². The van der Waals surface area contributed by atoms with Crippen molar-refractivity contribution in [1.29, 1.82) is 0 Å². The molecule has 0 atom stereocenters. The molecular weight excluding hydrogens is 573 g/mol. The van der Waals surface area contributed by atoms with Crippen LogP contribution in [0.2, 0.25) is 0 Å². The average Bonchev–Trinajstić information content (AvgIpc) is 3.06. The highest BCUT2D eigenvalue weighted by atomic mass is 15.2. The molecule has 0 N–H and O–H groups in total. The number of hydrogen-bond donors (Lipinski definition) is 0. The molecule has 1 aliphatic rings. The lowest BCUT2D eigenvalue weighted by atomic mass is 9.97. The quantitative estimate of drug-likeness (QED) is 0.172. The van der Waals surface area contributed by atoms with Gasteiger partial charge in [0.15, 0.2) is 0 Å². The molecular formula is C43H50N4. The third-order valence-corrected chi connectivity index (χ3v) is 10.7. The van der Waals surface area contributed by atoms with Gasteiger partial charge in [-0.05, 0) is 178 Å². The van der Waals surface area contributed by atoms with Crippen LogP contribution in [0.5, 0.6) is 0 Å². The number of benzene rings is 3. The smallest absolute Gasteiger partial charge is 0.0705 e. The highest BCUT2D eigenvalue weighted by Crippen LogP contribution is 2.32. The van der Waals surface area contributed by atoms with Gasteiger partial charge >= 0.3 is 0 Å². The molecule has 5 aromatic rings. The molecule has 3 heterocycles. The van der Waals surface area contributed by atoms with Gasteiger partial charge in [-0.2, -0.15) is 0 Å². The lowest BCUT2D eigenvalue weighted by molar-refractivity contribution is 0.201. The molecule has 47 heavy (non-hydrogen) atoms. The maximum atomic E-state index is 4.80. The van der Waals surface area contributed by atoms with Gasteiger partial charge in [0.2, 0.25) is 0 Å². The summed E-state index contributed by atoms with van der Waals surface area (Å²) in [4.78, 5) is 14.8. The second-order valence-electron chi connectivity index (χ2n) is 13.9. The second-order valence-corrected chi connectivity index (χ2v) is 13.9. The van der Waals surface area contributed by atoms with E-state index in [0.29, 0.717) is 6.04 Å². The number of hydrogen-bond acceptors (Lipinski definition) is 4. The van der Waals surface area contributed by atoms with E-state index >= 15 is 0 Å². The molecule has 6 rings (SSSR count). The van der Waals surface area contributed by atoms with Crippen molar-refractivity contribution < 1.29 is 0 Å². The fourth-order valence-electron chi connectivity index (χ4n) is 7.13. The average molecular weight is 623 g/mol. The summed E-state index contributed by atoms with van der Waals surface area (Å²) in [5.41, 5.74) is 19.3. The summed E-state index contributed by atoms with van der Waals surface area (Å²) in [7, 11) is 0. The zero-order chi connectivity index (χ0) is 33.2. The Morgan fingerprint density at radius 3 is 1.66 bits per heavy atom. The highest BCUT2D eigenvalue weighted by Gasteiger charge is 2.27. The van der Waals surface area contributed by atoms with E-state index in [1.807, 2.05) is 12.4 Å². The van der Waals surface area contributed by atoms with Crippen LogP contribution < -0.4 is 4.90 Å².